The Balaban J connectivity index is 2.10. The molecule has 0 aliphatic carbocycles. The quantitative estimate of drug-likeness (QED) is 0.618. The molecule has 0 heterocycles. The molecule has 0 aromatic heterocycles. The normalized spacial score (nSPS) is 14.2. The van der Waals surface area contributed by atoms with Gasteiger partial charge in [-0.25, -0.2) is 0 Å². The molecule has 0 bridgehead atoms. The van der Waals surface area contributed by atoms with Gasteiger partial charge in [0.15, 0.2) is 0 Å². The van der Waals surface area contributed by atoms with Crippen LogP contribution in [-0.2, 0) is 11.3 Å². The van der Waals surface area contributed by atoms with Gasteiger partial charge >= 0.3 is 0 Å². The summed E-state index contributed by atoms with van der Waals surface area (Å²) in [5, 5.41) is 22.4. The predicted molar refractivity (Wildman–Crippen MR) is 80.9 cm³/mol. The monoisotopic (exact) mass is 301 g/mol. The summed E-state index contributed by atoms with van der Waals surface area (Å²) in [6.45, 7) is 3.50. The average Bonchev–Trinajstić information content (AvgIpc) is 2.45. The van der Waals surface area contributed by atoms with E-state index in [-0.39, 0.29) is 12.6 Å². The Morgan fingerprint density at radius 2 is 2.00 bits per heavy atom. The number of hydrogen-bond acceptors (Lipinski definition) is 4. The molecule has 3 N–H and O–H groups in total. The third kappa shape index (κ3) is 7.82. The maximum atomic E-state index is 9.79. The van der Waals surface area contributed by atoms with Crippen LogP contribution in [0.3, 0.4) is 0 Å². The van der Waals surface area contributed by atoms with Gasteiger partial charge in [-0.3, -0.25) is 0 Å². The summed E-state index contributed by atoms with van der Waals surface area (Å²) in [4.78, 5) is 0. The first-order valence-electron chi connectivity index (χ1n) is 6.96. The Hall–Kier alpha value is -0.650. The molecule has 0 radical (unpaired) electrons. The van der Waals surface area contributed by atoms with Crippen molar-refractivity contribution in [3.8, 4) is 0 Å². The zero-order chi connectivity index (χ0) is 14.8. The first-order valence-corrected chi connectivity index (χ1v) is 7.34. The maximum Gasteiger partial charge on any atom is 0.0897 e. The van der Waals surface area contributed by atoms with E-state index in [9.17, 15) is 5.11 Å². The van der Waals surface area contributed by atoms with Crippen LogP contribution in [0.2, 0.25) is 5.02 Å². The summed E-state index contributed by atoms with van der Waals surface area (Å²) >= 11 is 5.80. The number of nitrogens with one attached hydrogen (secondary N) is 1. The van der Waals surface area contributed by atoms with Crippen LogP contribution in [0.15, 0.2) is 24.3 Å². The molecular formula is C15H24ClNO3. The van der Waals surface area contributed by atoms with Crippen molar-refractivity contribution in [3.05, 3.63) is 34.9 Å². The summed E-state index contributed by atoms with van der Waals surface area (Å²) in [6.07, 6.45) is 1.14. The zero-order valence-corrected chi connectivity index (χ0v) is 12.6. The van der Waals surface area contributed by atoms with E-state index >= 15 is 0 Å². The standard InChI is InChI=1S/C15H24ClNO3/c1-12(3-2-8-18)17-9-15(19)11-20-10-13-4-6-14(16)7-5-13/h4-7,12,15,17-19H,2-3,8-11H2,1H3. The number of halogens is 1. The molecule has 2 unspecified atom stereocenters. The van der Waals surface area contributed by atoms with E-state index in [0.29, 0.717) is 24.8 Å². The predicted octanol–water partition coefficient (Wildman–Crippen LogP) is 1.97. The van der Waals surface area contributed by atoms with Gasteiger partial charge in [-0.05, 0) is 37.5 Å². The minimum Gasteiger partial charge on any atom is -0.396 e. The largest absolute Gasteiger partial charge is 0.396 e. The number of ether oxygens (including phenoxy) is 1. The van der Waals surface area contributed by atoms with Gasteiger partial charge in [-0.1, -0.05) is 23.7 Å². The minimum absolute atomic E-state index is 0.207. The minimum atomic E-state index is -0.529. The molecule has 0 saturated heterocycles. The molecule has 0 aliphatic heterocycles. The van der Waals surface area contributed by atoms with Crippen molar-refractivity contribution in [1.29, 1.82) is 0 Å². The second kappa shape index (κ2) is 10.1. The Morgan fingerprint density at radius 1 is 1.30 bits per heavy atom. The molecule has 0 amide bonds. The van der Waals surface area contributed by atoms with Crippen LogP contribution in [0.1, 0.15) is 25.3 Å². The third-order valence-corrected chi connectivity index (χ3v) is 3.24. The summed E-state index contributed by atoms with van der Waals surface area (Å²) in [5.74, 6) is 0. The molecule has 0 saturated carbocycles. The van der Waals surface area contributed by atoms with Crippen molar-refractivity contribution in [2.45, 2.75) is 38.5 Å². The lowest BCUT2D eigenvalue weighted by Gasteiger charge is -2.17. The number of aliphatic hydroxyl groups is 2. The van der Waals surface area contributed by atoms with Crippen molar-refractivity contribution in [3.63, 3.8) is 0 Å². The Bertz CT molecular complexity index is 359. The molecule has 0 aliphatic rings. The van der Waals surface area contributed by atoms with E-state index in [4.69, 9.17) is 21.4 Å². The van der Waals surface area contributed by atoms with Gasteiger partial charge in [0.2, 0.25) is 0 Å². The van der Waals surface area contributed by atoms with Crippen LogP contribution in [0.4, 0.5) is 0 Å². The Morgan fingerprint density at radius 3 is 2.65 bits per heavy atom. The SMILES string of the molecule is CC(CCCO)NCC(O)COCc1ccc(Cl)cc1. The van der Waals surface area contributed by atoms with E-state index < -0.39 is 6.10 Å². The van der Waals surface area contributed by atoms with Crippen molar-refractivity contribution in [2.24, 2.45) is 0 Å². The van der Waals surface area contributed by atoms with Crippen LogP contribution in [0.5, 0.6) is 0 Å². The van der Waals surface area contributed by atoms with E-state index in [2.05, 4.69) is 5.32 Å². The second-order valence-corrected chi connectivity index (χ2v) is 5.41. The van der Waals surface area contributed by atoms with Crippen molar-refractivity contribution in [1.82, 2.24) is 5.32 Å². The average molecular weight is 302 g/mol. The first kappa shape index (κ1) is 17.4. The lowest BCUT2D eigenvalue weighted by Crippen LogP contribution is -2.36. The highest BCUT2D eigenvalue weighted by molar-refractivity contribution is 6.30. The smallest absolute Gasteiger partial charge is 0.0897 e. The number of benzene rings is 1. The molecule has 1 aromatic rings. The van der Waals surface area contributed by atoms with Gasteiger partial charge in [0.05, 0.1) is 19.3 Å². The summed E-state index contributed by atoms with van der Waals surface area (Å²) < 4.78 is 5.46. The van der Waals surface area contributed by atoms with Crippen LogP contribution >= 0.6 is 11.6 Å². The molecule has 1 aromatic carbocycles. The number of rotatable bonds is 10. The van der Waals surface area contributed by atoms with E-state index in [0.717, 1.165) is 18.4 Å². The first-order chi connectivity index (χ1) is 9.61. The number of hydrogen-bond donors (Lipinski definition) is 3. The fraction of sp³-hybridized carbons (Fsp3) is 0.600. The molecule has 114 valence electrons. The summed E-state index contributed by atoms with van der Waals surface area (Å²) in [6, 6.07) is 7.74. The molecule has 1 rings (SSSR count). The van der Waals surface area contributed by atoms with Gasteiger partial charge in [-0.15, -0.1) is 0 Å². The van der Waals surface area contributed by atoms with Gasteiger partial charge < -0.3 is 20.3 Å². The molecule has 0 fully saturated rings. The van der Waals surface area contributed by atoms with Crippen molar-refractivity contribution < 1.29 is 14.9 Å². The fourth-order valence-electron chi connectivity index (χ4n) is 1.79. The lowest BCUT2D eigenvalue weighted by atomic mass is 10.2. The highest BCUT2D eigenvalue weighted by atomic mass is 35.5. The van der Waals surface area contributed by atoms with E-state index in [1.54, 1.807) is 0 Å². The topological polar surface area (TPSA) is 61.7 Å². The van der Waals surface area contributed by atoms with Gasteiger partial charge in [0.25, 0.3) is 0 Å². The number of aliphatic hydroxyl groups excluding tert-OH is 2. The van der Waals surface area contributed by atoms with E-state index in [1.165, 1.54) is 0 Å². The van der Waals surface area contributed by atoms with Crippen LogP contribution in [0, 0.1) is 0 Å². The Labute approximate surface area is 125 Å². The zero-order valence-electron chi connectivity index (χ0n) is 11.9. The van der Waals surface area contributed by atoms with Crippen molar-refractivity contribution in [2.75, 3.05) is 19.8 Å². The maximum absolute atomic E-state index is 9.79. The van der Waals surface area contributed by atoms with Gasteiger partial charge in [0, 0.05) is 24.2 Å². The summed E-state index contributed by atoms with van der Waals surface area (Å²) in [7, 11) is 0. The molecule has 5 heteroatoms. The highest BCUT2D eigenvalue weighted by Gasteiger charge is 2.07. The Kier molecular flexibility index (Phi) is 8.82. The van der Waals surface area contributed by atoms with Gasteiger partial charge in [0.1, 0.15) is 0 Å². The van der Waals surface area contributed by atoms with Gasteiger partial charge in [-0.2, -0.15) is 0 Å². The highest BCUT2D eigenvalue weighted by Crippen LogP contribution is 2.10. The molecule has 2 atom stereocenters. The molecule has 20 heavy (non-hydrogen) atoms. The second-order valence-electron chi connectivity index (χ2n) is 4.97. The lowest BCUT2D eigenvalue weighted by molar-refractivity contribution is 0.0276. The fourth-order valence-corrected chi connectivity index (χ4v) is 1.92. The van der Waals surface area contributed by atoms with Crippen LogP contribution < -0.4 is 5.32 Å². The van der Waals surface area contributed by atoms with Crippen LogP contribution in [0.25, 0.3) is 0 Å². The summed E-state index contributed by atoms with van der Waals surface area (Å²) in [5.41, 5.74) is 1.03. The van der Waals surface area contributed by atoms with Crippen LogP contribution in [-0.4, -0.2) is 42.1 Å². The third-order valence-electron chi connectivity index (χ3n) is 2.99. The molecular weight excluding hydrogens is 278 g/mol. The molecule has 0 spiro atoms. The van der Waals surface area contributed by atoms with E-state index in [1.807, 2.05) is 31.2 Å². The van der Waals surface area contributed by atoms with Crippen molar-refractivity contribution >= 4 is 11.6 Å². The molecule has 4 nitrogen and oxygen atoms in total.